The zero-order chi connectivity index (χ0) is 11.4. The SMILES string of the molecule is CNCc1c(C)cccc1OC1CCCC1. The maximum Gasteiger partial charge on any atom is 0.124 e. The summed E-state index contributed by atoms with van der Waals surface area (Å²) in [6.07, 6.45) is 5.51. The molecular formula is C14H21NO. The van der Waals surface area contributed by atoms with Gasteiger partial charge in [-0.2, -0.15) is 0 Å². The fourth-order valence-electron chi connectivity index (χ4n) is 2.37. The van der Waals surface area contributed by atoms with Gasteiger partial charge in [-0.1, -0.05) is 12.1 Å². The quantitative estimate of drug-likeness (QED) is 0.840. The van der Waals surface area contributed by atoms with E-state index < -0.39 is 0 Å². The van der Waals surface area contributed by atoms with Crippen LogP contribution in [0.5, 0.6) is 5.75 Å². The Kier molecular flexibility index (Phi) is 3.83. The lowest BCUT2D eigenvalue weighted by atomic mass is 10.1. The van der Waals surface area contributed by atoms with Crippen LogP contribution in [0.1, 0.15) is 36.8 Å². The predicted molar refractivity (Wildman–Crippen MR) is 66.8 cm³/mol. The Balaban J connectivity index is 2.14. The lowest BCUT2D eigenvalue weighted by Gasteiger charge is -2.17. The lowest BCUT2D eigenvalue weighted by Crippen LogP contribution is -2.15. The molecule has 0 heterocycles. The fraction of sp³-hybridized carbons (Fsp3) is 0.571. The topological polar surface area (TPSA) is 21.3 Å². The van der Waals surface area contributed by atoms with E-state index in [0.717, 1.165) is 12.3 Å². The monoisotopic (exact) mass is 219 g/mol. The van der Waals surface area contributed by atoms with Gasteiger partial charge in [-0.3, -0.25) is 0 Å². The van der Waals surface area contributed by atoms with Crippen LogP contribution in [-0.4, -0.2) is 13.2 Å². The highest BCUT2D eigenvalue weighted by Crippen LogP contribution is 2.28. The Morgan fingerprint density at radius 2 is 2.06 bits per heavy atom. The maximum atomic E-state index is 6.10. The maximum absolute atomic E-state index is 6.10. The zero-order valence-corrected chi connectivity index (χ0v) is 10.3. The molecule has 1 fully saturated rings. The van der Waals surface area contributed by atoms with Crippen LogP contribution < -0.4 is 10.1 Å². The van der Waals surface area contributed by atoms with Gasteiger partial charge in [-0.05, 0) is 51.3 Å². The molecule has 1 saturated carbocycles. The van der Waals surface area contributed by atoms with Crippen LogP contribution in [0.15, 0.2) is 18.2 Å². The molecule has 1 aromatic rings. The van der Waals surface area contributed by atoms with Crippen molar-refractivity contribution < 1.29 is 4.74 Å². The van der Waals surface area contributed by atoms with Crippen LogP contribution >= 0.6 is 0 Å². The van der Waals surface area contributed by atoms with E-state index in [1.165, 1.54) is 36.8 Å². The molecule has 1 aromatic carbocycles. The summed E-state index contributed by atoms with van der Waals surface area (Å²) < 4.78 is 6.10. The van der Waals surface area contributed by atoms with Crippen molar-refractivity contribution in [1.29, 1.82) is 0 Å². The number of rotatable bonds is 4. The first-order valence-corrected chi connectivity index (χ1v) is 6.21. The van der Waals surface area contributed by atoms with E-state index in [-0.39, 0.29) is 0 Å². The molecule has 0 spiro atoms. The summed E-state index contributed by atoms with van der Waals surface area (Å²) in [7, 11) is 1.98. The van der Waals surface area contributed by atoms with Crippen LogP contribution in [0.3, 0.4) is 0 Å². The predicted octanol–water partition coefficient (Wildman–Crippen LogP) is 3.04. The van der Waals surface area contributed by atoms with Crippen molar-refractivity contribution in [1.82, 2.24) is 5.32 Å². The molecule has 1 aliphatic rings. The van der Waals surface area contributed by atoms with Gasteiger partial charge < -0.3 is 10.1 Å². The Morgan fingerprint density at radius 3 is 2.75 bits per heavy atom. The van der Waals surface area contributed by atoms with Gasteiger partial charge in [0.15, 0.2) is 0 Å². The molecule has 0 aromatic heterocycles. The Morgan fingerprint density at radius 1 is 1.31 bits per heavy atom. The van der Waals surface area contributed by atoms with E-state index in [0.29, 0.717) is 6.10 Å². The van der Waals surface area contributed by atoms with E-state index in [1.807, 2.05) is 7.05 Å². The summed E-state index contributed by atoms with van der Waals surface area (Å²) in [5.41, 5.74) is 2.61. The molecule has 2 rings (SSSR count). The molecule has 1 aliphatic carbocycles. The number of hydrogen-bond donors (Lipinski definition) is 1. The summed E-state index contributed by atoms with van der Waals surface area (Å²) in [6.45, 7) is 3.03. The minimum absolute atomic E-state index is 0.442. The number of nitrogens with one attached hydrogen (secondary N) is 1. The number of aryl methyl sites for hydroxylation is 1. The second kappa shape index (κ2) is 5.35. The van der Waals surface area contributed by atoms with Crippen molar-refractivity contribution in [2.45, 2.75) is 45.3 Å². The first-order valence-electron chi connectivity index (χ1n) is 6.21. The molecule has 0 saturated heterocycles. The molecule has 1 N–H and O–H groups in total. The van der Waals surface area contributed by atoms with Crippen molar-refractivity contribution in [3.05, 3.63) is 29.3 Å². The summed E-state index contributed by atoms with van der Waals surface area (Å²) in [5, 5.41) is 3.21. The van der Waals surface area contributed by atoms with Crippen LogP contribution in [-0.2, 0) is 6.54 Å². The standard InChI is InChI=1S/C14H21NO/c1-11-6-5-9-14(13(11)10-15-2)16-12-7-3-4-8-12/h5-6,9,12,15H,3-4,7-8,10H2,1-2H3. The van der Waals surface area contributed by atoms with E-state index in [4.69, 9.17) is 4.74 Å². The third-order valence-corrected chi connectivity index (χ3v) is 3.32. The minimum atomic E-state index is 0.442. The Hall–Kier alpha value is -1.02. The van der Waals surface area contributed by atoms with Crippen molar-refractivity contribution in [2.24, 2.45) is 0 Å². The molecule has 0 radical (unpaired) electrons. The molecule has 16 heavy (non-hydrogen) atoms. The van der Waals surface area contributed by atoms with Crippen LogP contribution in [0.2, 0.25) is 0 Å². The van der Waals surface area contributed by atoms with Crippen LogP contribution in [0.4, 0.5) is 0 Å². The average molecular weight is 219 g/mol. The summed E-state index contributed by atoms with van der Waals surface area (Å²) >= 11 is 0. The van der Waals surface area contributed by atoms with Crippen molar-refractivity contribution in [3.63, 3.8) is 0 Å². The van der Waals surface area contributed by atoms with Gasteiger partial charge in [0.25, 0.3) is 0 Å². The third-order valence-electron chi connectivity index (χ3n) is 3.32. The molecule has 88 valence electrons. The van der Waals surface area contributed by atoms with Gasteiger partial charge in [0.1, 0.15) is 5.75 Å². The van der Waals surface area contributed by atoms with Crippen molar-refractivity contribution >= 4 is 0 Å². The Labute approximate surface area is 98.0 Å². The van der Waals surface area contributed by atoms with E-state index in [9.17, 15) is 0 Å². The van der Waals surface area contributed by atoms with Crippen molar-refractivity contribution in [3.8, 4) is 5.75 Å². The van der Waals surface area contributed by atoms with E-state index in [1.54, 1.807) is 0 Å². The molecule has 2 heteroatoms. The van der Waals surface area contributed by atoms with E-state index in [2.05, 4.69) is 30.4 Å². The largest absolute Gasteiger partial charge is 0.490 e. The number of ether oxygens (including phenoxy) is 1. The first kappa shape index (κ1) is 11.5. The second-order valence-electron chi connectivity index (χ2n) is 4.61. The first-order chi connectivity index (χ1) is 7.81. The zero-order valence-electron chi connectivity index (χ0n) is 10.3. The summed E-state index contributed by atoms with van der Waals surface area (Å²) in [6, 6.07) is 6.32. The molecular weight excluding hydrogens is 198 g/mol. The van der Waals surface area contributed by atoms with E-state index >= 15 is 0 Å². The molecule has 0 amide bonds. The fourth-order valence-corrected chi connectivity index (χ4v) is 2.37. The molecule has 0 bridgehead atoms. The van der Waals surface area contributed by atoms with Gasteiger partial charge in [0.05, 0.1) is 6.10 Å². The van der Waals surface area contributed by atoms with Crippen LogP contribution in [0.25, 0.3) is 0 Å². The Bertz CT molecular complexity index is 343. The average Bonchev–Trinajstić information content (AvgIpc) is 2.76. The van der Waals surface area contributed by atoms with Gasteiger partial charge in [0.2, 0.25) is 0 Å². The highest BCUT2D eigenvalue weighted by molar-refractivity contribution is 5.39. The summed E-state index contributed by atoms with van der Waals surface area (Å²) in [4.78, 5) is 0. The minimum Gasteiger partial charge on any atom is -0.490 e. The normalized spacial score (nSPS) is 16.6. The van der Waals surface area contributed by atoms with Gasteiger partial charge in [-0.25, -0.2) is 0 Å². The highest BCUT2D eigenvalue weighted by atomic mass is 16.5. The van der Waals surface area contributed by atoms with Gasteiger partial charge in [0, 0.05) is 12.1 Å². The molecule has 2 nitrogen and oxygen atoms in total. The number of benzene rings is 1. The molecule has 0 atom stereocenters. The lowest BCUT2D eigenvalue weighted by molar-refractivity contribution is 0.207. The number of hydrogen-bond acceptors (Lipinski definition) is 2. The van der Waals surface area contributed by atoms with Gasteiger partial charge in [-0.15, -0.1) is 0 Å². The third kappa shape index (κ3) is 2.56. The smallest absolute Gasteiger partial charge is 0.124 e. The summed E-state index contributed by atoms with van der Waals surface area (Å²) in [5.74, 6) is 1.07. The molecule has 0 aliphatic heterocycles. The highest BCUT2D eigenvalue weighted by Gasteiger charge is 2.18. The second-order valence-corrected chi connectivity index (χ2v) is 4.61. The van der Waals surface area contributed by atoms with Crippen LogP contribution in [0, 0.1) is 6.92 Å². The van der Waals surface area contributed by atoms with Gasteiger partial charge >= 0.3 is 0 Å². The van der Waals surface area contributed by atoms with Crippen molar-refractivity contribution in [2.75, 3.05) is 7.05 Å². The molecule has 0 unspecified atom stereocenters.